The number of nitrogens with two attached hydrogens (primary N) is 1. The van der Waals surface area contributed by atoms with Crippen LogP contribution in [0.3, 0.4) is 0 Å². The van der Waals surface area contributed by atoms with Crippen molar-refractivity contribution in [1.82, 2.24) is 9.71 Å². The Labute approximate surface area is 116 Å². The number of anilines is 1. The Morgan fingerprint density at radius 3 is 2.74 bits per heavy atom. The predicted octanol–water partition coefficient (Wildman–Crippen LogP) is 1.82. The summed E-state index contributed by atoms with van der Waals surface area (Å²) in [6, 6.07) is 5.45. The van der Waals surface area contributed by atoms with Crippen molar-refractivity contribution in [2.24, 2.45) is 0 Å². The number of nitrogen functional groups attached to an aromatic ring is 1. The molecule has 0 aliphatic carbocycles. The van der Waals surface area contributed by atoms with Gasteiger partial charge in [0.25, 0.3) is 10.0 Å². The molecular weight excluding hydrogens is 282 g/mol. The summed E-state index contributed by atoms with van der Waals surface area (Å²) in [5.74, 6) is 0. The summed E-state index contributed by atoms with van der Waals surface area (Å²) >= 11 is 1.15. The summed E-state index contributed by atoms with van der Waals surface area (Å²) < 4.78 is 26.9. The Morgan fingerprint density at radius 2 is 2.11 bits per heavy atom. The predicted molar refractivity (Wildman–Crippen MR) is 76.5 cm³/mol. The number of hydrogen-bond acceptors (Lipinski definition) is 5. The van der Waals surface area contributed by atoms with Crippen molar-refractivity contribution in [2.75, 3.05) is 5.73 Å². The molecule has 1 aromatic carbocycles. The molecule has 1 aromatic heterocycles. The van der Waals surface area contributed by atoms with Gasteiger partial charge in [-0.1, -0.05) is 12.1 Å². The molecule has 0 aliphatic heterocycles. The number of hydrogen-bond donors (Lipinski definition) is 2. The average molecular weight is 297 g/mol. The summed E-state index contributed by atoms with van der Waals surface area (Å²) in [4.78, 5) is 3.95. The minimum atomic E-state index is -3.50. The molecule has 0 aliphatic rings. The number of nitrogens with one attached hydrogen (secondary N) is 1. The van der Waals surface area contributed by atoms with Gasteiger partial charge in [-0.3, -0.25) is 0 Å². The Morgan fingerprint density at radius 1 is 1.37 bits per heavy atom. The molecule has 5 nitrogen and oxygen atoms in total. The molecule has 0 fully saturated rings. The molecule has 1 heterocycles. The molecule has 0 saturated heterocycles. The maximum atomic E-state index is 12.0. The van der Waals surface area contributed by atoms with Crippen molar-refractivity contribution < 1.29 is 8.42 Å². The first-order valence-electron chi connectivity index (χ1n) is 5.66. The molecule has 2 rings (SSSR count). The highest BCUT2D eigenvalue weighted by atomic mass is 32.2. The van der Waals surface area contributed by atoms with Crippen LogP contribution < -0.4 is 10.5 Å². The van der Waals surface area contributed by atoms with Gasteiger partial charge in [-0.25, -0.2) is 18.1 Å². The fourth-order valence-electron chi connectivity index (χ4n) is 1.60. The monoisotopic (exact) mass is 297 g/mol. The minimum absolute atomic E-state index is 0.218. The molecular formula is C12H15N3O2S2. The third-order valence-electron chi connectivity index (χ3n) is 2.81. The van der Waals surface area contributed by atoms with E-state index in [0.717, 1.165) is 27.5 Å². The van der Waals surface area contributed by atoms with Crippen LogP contribution in [0, 0.1) is 13.8 Å². The lowest BCUT2D eigenvalue weighted by molar-refractivity contribution is 0.583. The lowest BCUT2D eigenvalue weighted by Crippen LogP contribution is -2.23. The first kappa shape index (κ1) is 14.0. The normalized spacial score (nSPS) is 11.7. The van der Waals surface area contributed by atoms with Crippen molar-refractivity contribution in [1.29, 1.82) is 0 Å². The summed E-state index contributed by atoms with van der Waals surface area (Å²) in [5, 5.41) is 0.723. The Balaban J connectivity index is 2.16. The zero-order valence-corrected chi connectivity index (χ0v) is 12.3. The standard InChI is InChI=1S/C12H15N3O2S2/c1-8-10(4-3-5-11(8)13)6-15-19(16,17)12-7-14-9(2)18-12/h3-5,7,15H,6,13H2,1-2H3. The number of nitrogens with zero attached hydrogens (tertiary/aromatic N) is 1. The number of sulfonamides is 1. The third kappa shape index (κ3) is 3.12. The van der Waals surface area contributed by atoms with E-state index in [-0.39, 0.29) is 10.8 Å². The van der Waals surface area contributed by atoms with E-state index in [1.54, 1.807) is 13.0 Å². The van der Waals surface area contributed by atoms with Gasteiger partial charge in [-0.2, -0.15) is 0 Å². The summed E-state index contributed by atoms with van der Waals surface area (Å²) in [6.45, 7) is 3.86. The van der Waals surface area contributed by atoms with Crippen LogP contribution in [0.2, 0.25) is 0 Å². The highest BCUT2D eigenvalue weighted by Gasteiger charge is 2.17. The highest BCUT2D eigenvalue weighted by molar-refractivity contribution is 7.91. The molecule has 19 heavy (non-hydrogen) atoms. The molecule has 0 bridgehead atoms. The summed E-state index contributed by atoms with van der Waals surface area (Å²) in [5.41, 5.74) is 8.21. The fraction of sp³-hybridized carbons (Fsp3) is 0.250. The van der Waals surface area contributed by atoms with E-state index in [2.05, 4.69) is 9.71 Å². The molecule has 0 spiro atoms. The SMILES string of the molecule is Cc1ncc(S(=O)(=O)NCc2cccc(N)c2C)s1. The van der Waals surface area contributed by atoms with Gasteiger partial charge < -0.3 is 5.73 Å². The van der Waals surface area contributed by atoms with Gasteiger partial charge in [0.05, 0.1) is 11.2 Å². The Kier molecular flexibility index (Phi) is 3.88. The number of aryl methyl sites for hydroxylation is 1. The molecule has 102 valence electrons. The van der Waals surface area contributed by atoms with Crippen molar-refractivity contribution >= 4 is 27.0 Å². The van der Waals surface area contributed by atoms with Crippen LogP contribution in [0.25, 0.3) is 0 Å². The van der Waals surface area contributed by atoms with E-state index in [1.807, 2.05) is 19.1 Å². The second-order valence-corrected chi connectivity index (χ2v) is 7.38. The van der Waals surface area contributed by atoms with Crippen LogP contribution in [-0.2, 0) is 16.6 Å². The average Bonchev–Trinajstić information content (AvgIpc) is 2.79. The van der Waals surface area contributed by atoms with E-state index in [9.17, 15) is 8.42 Å². The van der Waals surface area contributed by atoms with E-state index < -0.39 is 10.0 Å². The van der Waals surface area contributed by atoms with E-state index >= 15 is 0 Å². The van der Waals surface area contributed by atoms with Gasteiger partial charge in [0.15, 0.2) is 4.21 Å². The number of aromatic nitrogens is 1. The maximum Gasteiger partial charge on any atom is 0.251 e. The van der Waals surface area contributed by atoms with Crippen molar-refractivity contribution in [3.05, 3.63) is 40.5 Å². The molecule has 7 heteroatoms. The second-order valence-electron chi connectivity index (χ2n) is 4.15. The quantitative estimate of drug-likeness (QED) is 0.843. The van der Waals surface area contributed by atoms with Gasteiger partial charge in [0, 0.05) is 12.2 Å². The van der Waals surface area contributed by atoms with Crippen LogP contribution in [-0.4, -0.2) is 13.4 Å². The molecule has 0 amide bonds. The highest BCUT2D eigenvalue weighted by Crippen LogP contribution is 2.19. The zero-order valence-electron chi connectivity index (χ0n) is 10.7. The van der Waals surface area contributed by atoms with Crippen molar-refractivity contribution in [3.8, 4) is 0 Å². The molecule has 3 N–H and O–H groups in total. The van der Waals surface area contributed by atoms with Gasteiger partial charge in [0.2, 0.25) is 0 Å². The minimum Gasteiger partial charge on any atom is -0.399 e. The second kappa shape index (κ2) is 5.28. The molecule has 0 saturated carbocycles. The Hall–Kier alpha value is -1.44. The van der Waals surface area contributed by atoms with Crippen LogP contribution >= 0.6 is 11.3 Å². The first-order valence-corrected chi connectivity index (χ1v) is 7.96. The third-order valence-corrected chi connectivity index (χ3v) is 5.58. The maximum absolute atomic E-state index is 12.0. The number of rotatable bonds is 4. The lowest BCUT2D eigenvalue weighted by atomic mass is 10.1. The zero-order chi connectivity index (χ0) is 14.0. The van der Waals surface area contributed by atoms with Crippen molar-refractivity contribution in [2.45, 2.75) is 24.6 Å². The Bertz CT molecular complexity index is 693. The van der Waals surface area contributed by atoms with Crippen LogP contribution in [0.1, 0.15) is 16.1 Å². The lowest BCUT2D eigenvalue weighted by Gasteiger charge is -2.09. The largest absolute Gasteiger partial charge is 0.399 e. The van der Waals surface area contributed by atoms with Crippen LogP contribution in [0.15, 0.2) is 28.6 Å². The van der Waals surface area contributed by atoms with Crippen LogP contribution in [0.5, 0.6) is 0 Å². The van der Waals surface area contributed by atoms with Gasteiger partial charge in [0.1, 0.15) is 0 Å². The van der Waals surface area contributed by atoms with Crippen LogP contribution in [0.4, 0.5) is 5.69 Å². The summed E-state index contributed by atoms with van der Waals surface area (Å²) in [6.07, 6.45) is 1.37. The topological polar surface area (TPSA) is 85.1 Å². The van der Waals surface area contributed by atoms with Gasteiger partial charge in [-0.05, 0) is 31.0 Å². The van der Waals surface area contributed by atoms with E-state index in [0.29, 0.717) is 5.69 Å². The molecule has 0 radical (unpaired) electrons. The number of thiazole rings is 1. The smallest absolute Gasteiger partial charge is 0.251 e. The van der Waals surface area contributed by atoms with E-state index in [1.165, 1.54) is 6.20 Å². The summed E-state index contributed by atoms with van der Waals surface area (Å²) in [7, 11) is -3.50. The van der Waals surface area contributed by atoms with Gasteiger partial charge in [-0.15, -0.1) is 11.3 Å². The molecule has 0 atom stereocenters. The number of benzene rings is 1. The van der Waals surface area contributed by atoms with Gasteiger partial charge >= 0.3 is 0 Å². The van der Waals surface area contributed by atoms with Crippen molar-refractivity contribution in [3.63, 3.8) is 0 Å². The molecule has 0 unspecified atom stereocenters. The fourth-order valence-corrected chi connectivity index (χ4v) is 3.76. The first-order chi connectivity index (χ1) is 8.90. The van der Waals surface area contributed by atoms with E-state index in [4.69, 9.17) is 5.73 Å². The molecule has 2 aromatic rings.